The van der Waals surface area contributed by atoms with E-state index in [0.29, 0.717) is 42.5 Å². The summed E-state index contributed by atoms with van der Waals surface area (Å²) in [7, 11) is -1.54. The van der Waals surface area contributed by atoms with Gasteiger partial charge in [-0.05, 0) is 41.8 Å². The number of hydrogen-bond acceptors (Lipinski definition) is 4. The van der Waals surface area contributed by atoms with Crippen molar-refractivity contribution < 1.29 is 17.6 Å². The highest BCUT2D eigenvalue weighted by molar-refractivity contribution is 7.90. The van der Waals surface area contributed by atoms with Crippen LogP contribution in [0.5, 0.6) is 0 Å². The van der Waals surface area contributed by atoms with Gasteiger partial charge in [0.25, 0.3) is 0 Å². The number of sulfone groups is 1. The normalized spacial score (nSPS) is 11.8. The van der Waals surface area contributed by atoms with Crippen molar-refractivity contribution in [2.45, 2.75) is 17.7 Å². The Kier molecular flexibility index (Phi) is 8.79. The first-order valence-electron chi connectivity index (χ1n) is 9.52. The maximum atomic E-state index is 13.1. The van der Waals surface area contributed by atoms with Crippen LogP contribution in [0.4, 0.5) is 4.39 Å². The topological polar surface area (TPSA) is 99.7 Å². The standard InChI is InChI=1S/C21H27FN4O3S/c1-23-21(25-11-10-16-6-8-19(9-7-16)30(2,28)29)26-13-12-24-20(27)15-17-4-3-5-18(22)14-17/h3-9,14H,10-13,15H2,1-2H3,(H,24,27)(H2,23,25,26). The summed E-state index contributed by atoms with van der Waals surface area (Å²) in [6.45, 7) is 1.50. The molecule has 0 aliphatic rings. The highest BCUT2D eigenvalue weighted by Crippen LogP contribution is 2.10. The third-order valence-corrected chi connectivity index (χ3v) is 5.40. The van der Waals surface area contributed by atoms with Crippen molar-refractivity contribution in [1.29, 1.82) is 0 Å². The van der Waals surface area contributed by atoms with E-state index < -0.39 is 9.84 Å². The quantitative estimate of drug-likeness (QED) is 0.314. The molecule has 0 aromatic heterocycles. The molecule has 0 heterocycles. The van der Waals surface area contributed by atoms with Gasteiger partial charge in [0.05, 0.1) is 11.3 Å². The Labute approximate surface area is 176 Å². The molecule has 162 valence electrons. The molecule has 0 bridgehead atoms. The fourth-order valence-corrected chi connectivity index (χ4v) is 3.36. The molecule has 0 saturated carbocycles. The van der Waals surface area contributed by atoms with E-state index in [4.69, 9.17) is 0 Å². The van der Waals surface area contributed by atoms with E-state index in [2.05, 4.69) is 20.9 Å². The lowest BCUT2D eigenvalue weighted by Gasteiger charge is -2.12. The van der Waals surface area contributed by atoms with Crippen molar-refractivity contribution >= 4 is 21.7 Å². The van der Waals surface area contributed by atoms with Gasteiger partial charge in [0.2, 0.25) is 5.91 Å². The molecular formula is C21H27FN4O3S. The highest BCUT2D eigenvalue weighted by atomic mass is 32.2. The average molecular weight is 435 g/mol. The summed E-state index contributed by atoms with van der Waals surface area (Å²) in [4.78, 5) is 16.3. The molecule has 9 heteroatoms. The molecule has 2 rings (SSSR count). The molecule has 7 nitrogen and oxygen atoms in total. The van der Waals surface area contributed by atoms with Crippen LogP contribution < -0.4 is 16.0 Å². The molecule has 0 radical (unpaired) electrons. The Balaban J connectivity index is 1.65. The lowest BCUT2D eigenvalue weighted by atomic mass is 10.1. The monoisotopic (exact) mass is 434 g/mol. The Morgan fingerprint density at radius 3 is 2.27 bits per heavy atom. The van der Waals surface area contributed by atoms with Gasteiger partial charge in [-0.15, -0.1) is 0 Å². The molecule has 0 aliphatic heterocycles. The van der Waals surface area contributed by atoms with Crippen molar-refractivity contribution in [3.05, 3.63) is 65.5 Å². The van der Waals surface area contributed by atoms with Crippen molar-refractivity contribution in [3.63, 3.8) is 0 Å². The van der Waals surface area contributed by atoms with Crippen LogP contribution in [0.2, 0.25) is 0 Å². The molecular weight excluding hydrogens is 407 g/mol. The minimum Gasteiger partial charge on any atom is -0.356 e. The average Bonchev–Trinajstić information content (AvgIpc) is 2.69. The van der Waals surface area contributed by atoms with Crippen molar-refractivity contribution in [3.8, 4) is 0 Å². The number of carbonyl (C=O) groups excluding carboxylic acids is 1. The molecule has 0 atom stereocenters. The number of rotatable bonds is 9. The van der Waals surface area contributed by atoms with Gasteiger partial charge in [0.15, 0.2) is 15.8 Å². The van der Waals surface area contributed by atoms with Crippen molar-refractivity contribution in [1.82, 2.24) is 16.0 Å². The van der Waals surface area contributed by atoms with Gasteiger partial charge < -0.3 is 16.0 Å². The van der Waals surface area contributed by atoms with Gasteiger partial charge >= 0.3 is 0 Å². The lowest BCUT2D eigenvalue weighted by molar-refractivity contribution is -0.120. The maximum absolute atomic E-state index is 13.1. The Morgan fingerprint density at radius 2 is 1.63 bits per heavy atom. The van der Waals surface area contributed by atoms with Gasteiger partial charge in [-0.25, -0.2) is 12.8 Å². The number of nitrogens with zero attached hydrogens (tertiary/aromatic N) is 1. The van der Waals surface area contributed by atoms with Crippen molar-refractivity contribution in [2.75, 3.05) is 32.9 Å². The zero-order valence-corrected chi connectivity index (χ0v) is 17.9. The Hall–Kier alpha value is -2.94. The highest BCUT2D eigenvalue weighted by Gasteiger charge is 2.06. The summed E-state index contributed by atoms with van der Waals surface area (Å²) < 4.78 is 36.1. The largest absolute Gasteiger partial charge is 0.356 e. The zero-order valence-electron chi connectivity index (χ0n) is 17.1. The number of aliphatic imine (C=N–C) groups is 1. The third kappa shape index (κ3) is 8.20. The fraction of sp³-hybridized carbons (Fsp3) is 0.333. The second-order valence-electron chi connectivity index (χ2n) is 6.75. The van der Waals surface area contributed by atoms with Crippen LogP contribution in [0, 0.1) is 5.82 Å². The second-order valence-corrected chi connectivity index (χ2v) is 8.76. The van der Waals surface area contributed by atoms with Crippen LogP contribution in [-0.4, -0.2) is 53.2 Å². The molecule has 0 aliphatic carbocycles. The number of guanidine groups is 1. The number of halogens is 1. The first kappa shape index (κ1) is 23.3. The van der Waals surface area contributed by atoms with Gasteiger partial charge in [-0.2, -0.15) is 0 Å². The first-order chi connectivity index (χ1) is 14.3. The minimum atomic E-state index is -3.19. The predicted molar refractivity (Wildman–Crippen MR) is 116 cm³/mol. The first-order valence-corrected chi connectivity index (χ1v) is 11.4. The molecule has 0 spiro atoms. The second kappa shape index (κ2) is 11.3. The summed E-state index contributed by atoms with van der Waals surface area (Å²) in [6.07, 6.45) is 2.01. The summed E-state index contributed by atoms with van der Waals surface area (Å²) in [5.74, 6) is 0.0632. The fourth-order valence-electron chi connectivity index (χ4n) is 2.73. The summed E-state index contributed by atoms with van der Waals surface area (Å²) in [6, 6.07) is 12.8. The Bertz CT molecular complexity index is 976. The van der Waals surface area contributed by atoms with Crippen LogP contribution in [0.15, 0.2) is 58.4 Å². The SMILES string of the molecule is CN=C(NCCNC(=O)Cc1cccc(F)c1)NCCc1ccc(S(C)(=O)=O)cc1. The van der Waals surface area contributed by atoms with Crippen LogP contribution in [0.1, 0.15) is 11.1 Å². The molecule has 2 aromatic rings. The zero-order chi connectivity index (χ0) is 22.0. The van der Waals surface area contributed by atoms with Gasteiger partial charge in [-0.1, -0.05) is 24.3 Å². The van der Waals surface area contributed by atoms with Crippen LogP contribution >= 0.6 is 0 Å². The summed E-state index contributed by atoms with van der Waals surface area (Å²) >= 11 is 0. The number of carbonyl (C=O) groups is 1. The maximum Gasteiger partial charge on any atom is 0.224 e. The van der Waals surface area contributed by atoms with Crippen molar-refractivity contribution in [2.24, 2.45) is 4.99 Å². The molecule has 1 amide bonds. The summed E-state index contributed by atoms with van der Waals surface area (Å²) in [5.41, 5.74) is 1.64. The van der Waals surface area contributed by atoms with Gasteiger partial charge in [-0.3, -0.25) is 9.79 Å². The van der Waals surface area contributed by atoms with E-state index in [-0.39, 0.29) is 18.1 Å². The van der Waals surface area contributed by atoms with E-state index in [0.717, 1.165) is 5.56 Å². The molecule has 30 heavy (non-hydrogen) atoms. The van der Waals surface area contributed by atoms with Gasteiger partial charge in [0, 0.05) is 32.9 Å². The lowest BCUT2D eigenvalue weighted by Crippen LogP contribution is -2.42. The predicted octanol–water partition coefficient (Wildman–Crippen LogP) is 1.30. The molecule has 0 unspecified atom stereocenters. The van der Waals surface area contributed by atoms with E-state index in [1.165, 1.54) is 18.4 Å². The van der Waals surface area contributed by atoms with Crippen LogP contribution in [0.25, 0.3) is 0 Å². The van der Waals surface area contributed by atoms with E-state index in [1.54, 1.807) is 43.4 Å². The molecule has 0 saturated heterocycles. The van der Waals surface area contributed by atoms with Crippen LogP contribution in [-0.2, 0) is 27.5 Å². The number of nitrogens with one attached hydrogen (secondary N) is 3. The number of hydrogen-bond donors (Lipinski definition) is 3. The van der Waals surface area contributed by atoms with E-state index >= 15 is 0 Å². The third-order valence-electron chi connectivity index (χ3n) is 4.27. The molecule has 2 aromatic carbocycles. The molecule has 3 N–H and O–H groups in total. The van der Waals surface area contributed by atoms with E-state index in [9.17, 15) is 17.6 Å². The molecule has 0 fully saturated rings. The Morgan fingerprint density at radius 1 is 0.967 bits per heavy atom. The summed E-state index contributed by atoms with van der Waals surface area (Å²) in [5, 5.41) is 9.03. The van der Waals surface area contributed by atoms with Gasteiger partial charge in [0.1, 0.15) is 5.82 Å². The van der Waals surface area contributed by atoms with E-state index in [1.807, 2.05) is 0 Å². The number of benzene rings is 2. The van der Waals surface area contributed by atoms with Crippen LogP contribution in [0.3, 0.4) is 0 Å². The number of amides is 1. The minimum absolute atomic E-state index is 0.128. The smallest absolute Gasteiger partial charge is 0.224 e.